The number of carbonyl (C=O) groups excluding carboxylic acids is 2. The van der Waals surface area contributed by atoms with Gasteiger partial charge >= 0.3 is 0 Å². The van der Waals surface area contributed by atoms with Gasteiger partial charge in [-0.25, -0.2) is 0 Å². The van der Waals surface area contributed by atoms with E-state index in [1.807, 2.05) is 0 Å². The number of hydrogen-bond donors (Lipinski definition) is 5. The SMILES string of the molecule is CCCCCCCCCCCCCC(=O)N(CCn1cc(CO[C@@H]2O[C@H](CO)[C@@H](O)[C@H](O)[C@H]2O)nn1)CC(=O)NCCCCCCCCCCCC. The summed E-state index contributed by atoms with van der Waals surface area (Å²) in [5, 5.41) is 50.8. The molecule has 1 aliphatic rings. The molecule has 1 saturated heterocycles. The van der Waals surface area contributed by atoms with Crippen molar-refractivity contribution in [2.75, 3.05) is 26.2 Å². The molecule has 5 N–H and O–H groups in total. The molecule has 2 heterocycles. The molecule has 2 amide bonds. The van der Waals surface area contributed by atoms with Gasteiger partial charge < -0.3 is 40.1 Å². The summed E-state index contributed by atoms with van der Waals surface area (Å²) in [5.41, 5.74) is 0.421. The summed E-state index contributed by atoms with van der Waals surface area (Å²) in [7, 11) is 0. The fourth-order valence-corrected chi connectivity index (χ4v) is 6.57. The number of nitrogens with one attached hydrogen (secondary N) is 1. The Balaban J connectivity index is 1.78. The number of amides is 2. The first-order valence-electron chi connectivity index (χ1n) is 20.7. The van der Waals surface area contributed by atoms with Gasteiger partial charge in [0.2, 0.25) is 11.8 Å². The van der Waals surface area contributed by atoms with E-state index in [0.29, 0.717) is 31.7 Å². The van der Waals surface area contributed by atoms with Gasteiger partial charge in [-0.05, 0) is 12.8 Å². The Morgan fingerprint density at radius 2 is 1.33 bits per heavy atom. The van der Waals surface area contributed by atoms with Crippen LogP contribution in [0.5, 0.6) is 0 Å². The van der Waals surface area contributed by atoms with Gasteiger partial charge in [-0.2, -0.15) is 0 Å². The van der Waals surface area contributed by atoms with E-state index in [0.717, 1.165) is 32.1 Å². The zero-order chi connectivity index (χ0) is 37.8. The monoisotopic (exact) mass is 740 g/mol. The molecule has 0 bridgehead atoms. The molecule has 52 heavy (non-hydrogen) atoms. The average molecular weight is 740 g/mol. The predicted octanol–water partition coefficient (Wildman–Crippen LogP) is 5.16. The fourth-order valence-electron chi connectivity index (χ4n) is 6.57. The van der Waals surface area contributed by atoms with Crippen molar-refractivity contribution in [3.05, 3.63) is 11.9 Å². The maximum atomic E-state index is 13.3. The van der Waals surface area contributed by atoms with Crippen molar-refractivity contribution >= 4 is 11.8 Å². The Bertz CT molecular complexity index is 1040. The van der Waals surface area contributed by atoms with Crippen molar-refractivity contribution in [2.45, 2.75) is 199 Å². The van der Waals surface area contributed by atoms with Crippen molar-refractivity contribution in [1.82, 2.24) is 25.2 Å². The minimum absolute atomic E-state index is 0.00357. The van der Waals surface area contributed by atoms with E-state index in [4.69, 9.17) is 9.47 Å². The summed E-state index contributed by atoms with van der Waals surface area (Å²) in [6.07, 6.45) is 20.7. The number of hydrogen-bond acceptors (Lipinski definition) is 10. The zero-order valence-electron chi connectivity index (χ0n) is 32.5. The number of ether oxygens (including phenoxy) is 2. The third-order valence-electron chi connectivity index (χ3n) is 9.96. The molecule has 0 unspecified atom stereocenters. The fraction of sp³-hybridized carbons (Fsp3) is 0.897. The van der Waals surface area contributed by atoms with Crippen LogP contribution in [0, 0.1) is 0 Å². The molecule has 1 aliphatic heterocycles. The molecule has 0 spiro atoms. The first-order chi connectivity index (χ1) is 25.3. The van der Waals surface area contributed by atoms with Crippen molar-refractivity contribution in [3.8, 4) is 0 Å². The molecule has 0 radical (unpaired) electrons. The molecule has 1 fully saturated rings. The van der Waals surface area contributed by atoms with Gasteiger partial charge in [0, 0.05) is 19.5 Å². The lowest BCUT2D eigenvalue weighted by molar-refractivity contribution is -0.304. The van der Waals surface area contributed by atoms with Gasteiger partial charge in [-0.1, -0.05) is 141 Å². The molecule has 0 aromatic carbocycles. The lowest BCUT2D eigenvalue weighted by Crippen LogP contribution is -2.59. The molecule has 302 valence electrons. The zero-order valence-corrected chi connectivity index (χ0v) is 32.5. The average Bonchev–Trinajstić information content (AvgIpc) is 3.60. The summed E-state index contributed by atoms with van der Waals surface area (Å²) in [6, 6.07) is 0. The van der Waals surface area contributed by atoms with E-state index < -0.39 is 37.3 Å². The van der Waals surface area contributed by atoms with Gasteiger partial charge in [-0.15, -0.1) is 5.10 Å². The lowest BCUT2D eigenvalue weighted by atomic mass is 9.99. The molecule has 5 atom stereocenters. The van der Waals surface area contributed by atoms with Crippen LogP contribution >= 0.6 is 0 Å². The number of aliphatic hydroxyl groups excluding tert-OH is 4. The molecule has 13 heteroatoms. The van der Waals surface area contributed by atoms with E-state index in [-0.39, 0.29) is 25.0 Å². The van der Waals surface area contributed by atoms with Crippen LogP contribution in [-0.2, 0) is 32.2 Å². The molecule has 0 aliphatic carbocycles. The van der Waals surface area contributed by atoms with Crippen molar-refractivity contribution in [3.63, 3.8) is 0 Å². The Morgan fingerprint density at radius 1 is 0.788 bits per heavy atom. The smallest absolute Gasteiger partial charge is 0.239 e. The minimum atomic E-state index is -1.53. The second-order valence-corrected chi connectivity index (χ2v) is 14.6. The molecule has 1 aromatic heterocycles. The first kappa shape index (κ1) is 46.0. The van der Waals surface area contributed by atoms with Crippen LogP contribution in [0.15, 0.2) is 6.20 Å². The van der Waals surface area contributed by atoms with Gasteiger partial charge in [0.15, 0.2) is 6.29 Å². The number of carbonyl (C=O) groups is 2. The third kappa shape index (κ3) is 19.8. The minimum Gasteiger partial charge on any atom is -0.394 e. The van der Waals surface area contributed by atoms with E-state index in [1.165, 1.54) is 103 Å². The Kier molecular flexibility index (Phi) is 25.9. The highest BCUT2D eigenvalue weighted by Crippen LogP contribution is 2.22. The van der Waals surface area contributed by atoms with E-state index in [2.05, 4.69) is 29.5 Å². The van der Waals surface area contributed by atoms with Crippen LogP contribution in [0.25, 0.3) is 0 Å². The Hall–Kier alpha value is -2.16. The number of aliphatic hydroxyl groups is 4. The molecular weight excluding hydrogens is 666 g/mol. The lowest BCUT2D eigenvalue weighted by Gasteiger charge is -2.39. The standard InChI is InChI=1S/C39H73N5O8/c1-3-5-7-9-11-13-15-16-18-20-22-24-35(47)43(29-34(46)40-25-23-21-19-17-14-12-10-8-6-4-2)26-27-44-28-32(41-42-44)31-51-39-38(50)37(49)36(48)33(30-45)52-39/h28,33,36-39,45,48-50H,3-27,29-31H2,1-2H3,(H,40,46)/t33-,36-,37+,38-,39-/m1/s1. The van der Waals surface area contributed by atoms with E-state index in [9.17, 15) is 30.0 Å². The van der Waals surface area contributed by atoms with Crippen LogP contribution in [0.3, 0.4) is 0 Å². The van der Waals surface area contributed by atoms with Crippen LogP contribution in [0.4, 0.5) is 0 Å². The maximum absolute atomic E-state index is 13.3. The van der Waals surface area contributed by atoms with Crippen molar-refractivity contribution in [1.29, 1.82) is 0 Å². The van der Waals surface area contributed by atoms with Gasteiger partial charge in [0.05, 0.1) is 32.5 Å². The van der Waals surface area contributed by atoms with Gasteiger partial charge in [-0.3, -0.25) is 14.3 Å². The molecule has 13 nitrogen and oxygen atoms in total. The summed E-state index contributed by atoms with van der Waals surface area (Å²) in [5.74, 6) is -0.202. The number of rotatable bonds is 32. The topological polar surface area (TPSA) is 180 Å². The summed E-state index contributed by atoms with van der Waals surface area (Å²) >= 11 is 0. The molecule has 0 saturated carbocycles. The number of unbranched alkanes of at least 4 members (excludes halogenated alkanes) is 19. The van der Waals surface area contributed by atoms with Gasteiger partial charge in [0.1, 0.15) is 30.1 Å². The highest BCUT2D eigenvalue weighted by atomic mass is 16.7. The van der Waals surface area contributed by atoms with Crippen LogP contribution in [-0.4, -0.2) is 109 Å². The molecule has 2 rings (SSSR count). The Labute approximate surface area is 313 Å². The van der Waals surface area contributed by atoms with Crippen LogP contribution in [0.1, 0.15) is 161 Å². The highest BCUT2D eigenvalue weighted by Gasteiger charge is 2.44. The van der Waals surface area contributed by atoms with Crippen LogP contribution < -0.4 is 5.32 Å². The summed E-state index contributed by atoms with van der Waals surface area (Å²) < 4.78 is 12.5. The second-order valence-electron chi connectivity index (χ2n) is 14.6. The van der Waals surface area contributed by atoms with Gasteiger partial charge in [0.25, 0.3) is 0 Å². The molecular formula is C39H73N5O8. The largest absolute Gasteiger partial charge is 0.394 e. The highest BCUT2D eigenvalue weighted by molar-refractivity contribution is 5.84. The Morgan fingerprint density at radius 3 is 1.88 bits per heavy atom. The van der Waals surface area contributed by atoms with E-state index >= 15 is 0 Å². The number of aromatic nitrogens is 3. The van der Waals surface area contributed by atoms with E-state index in [1.54, 1.807) is 15.8 Å². The molecule has 1 aromatic rings. The second kappa shape index (κ2) is 29.2. The van der Waals surface area contributed by atoms with Crippen molar-refractivity contribution in [2.24, 2.45) is 0 Å². The quantitative estimate of drug-likeness (QED) is 0.0620. The summed E-state index contributed by atoms with van der Waals surface area (Å²) in [4.78, 5) is 27.8. The number of nitrogens with zero attached hydrogens (tertiary/aromatic N) is 4. The van der Waals surface area contributed by atoms with Crippen molar-refractivity contribution < 1.29 is 39.5 Å². The maximum Gasteiger partial charge on any atom is 0.239 e. The predicted molar refractivity (Wildman–Crippen MR) is 201 cm³/mol. The normalized spacial score (nSPS) is 20.3. The third-order valence-corrected chi connectivity index (χ3v) is 9.96. The summed E-state index contributed by atoms with van der Waals surface area (Å²) in [6.45, 7) is 5.04. The van der Waals surface area contributed by atoms with Crippen LogP contribution in [0.2, 0.25) is 0 Å². The first-order valence-corrected chi connectivity index (χ1v) is 20.7.